The molecule has 2 aromatic rings. The van der Waals surface area contributed by atoms with Crippen molar-refractivity contribution in [2.75, 3.05) is 26.6 Å². The third-order valence-corrected chi connectivity index (χ3v) is 4.84. The van der Waals surface area contributed by atoms with Crippen LogP contribution in [0.2, 0.25) is 0 Å². The van der Waals surface area contributed by atoms with Gasteiger partial charge in [0.1, 0.15) is 23.3 Å². The molecule has 2 aliphatic rings. The first-order valence-electron chi connectivity index (χ1n) is 7.54. The van der Waals surface area contributed by atoms with E-state index < -0.39 is 5.60 Å². The summed E-state index contributed by atoms with van der Waals surface area (Å²) >= 11 is 0. The van der Waals surface area contributed by atoms with Crippen LogP contribution in [-0.2, 0) is 18.9 Å². The lowest BCUT2D eigenvalue weighted by Gasteiger charge is -2.35. The molecule has 0 amide bonds. The number of nitrogens with zero attached hydrogens (tertiary/aromatic N) is 3. The summed E-state index contributed by atoms with van der Waals surface area (Å²) in [6, 6.07) is 1.73. The molecule has 3 unspecified atom stereocenters. The number of fused-ring (bicyclic) bond motifs is 3. The molecular weight excluding hydrogens is 300 g/mol. The minimum atomic E-state index is -0.643. The van der Waals surface area contributed by atoms with E-state index in [1.165, 1.54) is 0 Å². The lowest BCUT2D eigenvalue weighted by atomic mass is 9.94. The second kappa shape index (κ2) is 5.13. The number of ether oxygens (including phenoxy) is 4. The van der Waals surface area contributed by atoms with Gasteiger partial charge in [-0.05, 0) is 13.0 Å². The van der Waals surface area contributed by atoms with E-state index in [9.17, 15) is 0 Å². The first-order chi connectivity index (χ1) is 11.1. The Morgan fingerprint density at radius 1 is 1.39 bits per heavy atom. The van der Waals surface area contributed by atoms with Crippen LogP contribution in [0.4, 0.5) is 5.69 Å². The van der Waals surface area contributed by atoms with Crippen molar-refractivity contribution in [1.29, 1.82) is 0 Å². The highest BCUT2D eigenvalue weighted by Crippen LogP contribution is 2.50. The largest absolute Gasteiger partial charge is 0.397 e. The summed E-state index contributed by atoms with van der Waals surface area (Å²) in [6.07, 6.45) is 2.35. The first kappa shape index (κ1) is 14.8. The van der Waals surface area contributed by atoms with Crippen molar-refractivity contribution in [3.8, 4) is 0 Å². The van der Waals surface area contributed by atoms with E-state index in [2.05, 4.69) is 9.97 Å². The normalized spacial score (nSPS) is 36.1. The molecule has 4 rings (SSSR count). The van der Waals surface area contributed by atoms with Crippen molar-refractivity contribution in [1.82, 2.24) is 14.5 Å². The van der Waals surface area contributed by atoms with Gasteiger partial charge in [-0.3, -0.25) is 4.57 Å². The quantitative estimate of drug-likeness (QED) is 0.887. The number of pyridine rings is 1. The maximum Gasteiger partial charge on any atom is 0.166 e. The number of imidazole rings is 1. The Morgan fingerprint density at radius 3 is 2.96 bits per heavy atom. The van der Waals surface area contributed by atoms with Gasteiger partial charge in [0.2, 0.25) is 0 Å². The number of anilines is 1. The Morgan fingerprint density at radius 2 is 2.22 bits per heavy atom. The van der Waals surface area contributed by atoms with E-state index in [0.29, 0.717) is 23.5 Å². The standard InChI is InChI=1S/C15H20N4O4/c1-8-15(6-20-2)12(21-3)11(22-8)14(23-15)19-7-18-10-9(16)4-5-17-13(10)19/h4-5,7-8,11-12,14H,6H2,1-3H3,(H2,16,17)/t8?,11?,12?,14-,15+/m1/s1. The van der Waals surface area contributed by atoms with Gasteiger partial charge in [-0.15, -0.1) is 0 Å². The van der Waals surface area contributed by atoms with Gasteiger partial charge < -0.3 is 24.7 Å². The summed E-state index contributed by atoms with van der Waals surface area (Å²) in [5.74, 6) is 0. The van der Waals surface area contributed by atoms with E-state index in [0.717, 1.165) is 0 Å². The molecular formula is C15H20N4O4. The van der Waals surface area contributed by atoms with Crippen LogP contribution in [0.5, 0.6) is 0 Å². The molecule has 8 heteroatoms. The second-order valence-electron chi connectivity index (χ2n) is 6.02. The first-order valence-corrected chi connectivity index (χ1v) is 7.54. The van der Waals surface area contributed by atoms with Gasteiger partial charge in [0, 0.05) is 20.4 Å². The summed E-state index contributed by atoms with van der Waals surface area (Å²) in [7, 11) is 3.31. The molecule has 2 saturated heterocycles. The van der Waals surface area contributed by atoms with Crippen molar-refractivity contribution < 1.29 is 18.9 Å². The summed E-state index contributed by atoms with van der Waals surface area (Å²) in [5, 5.41) is 0. The molecule has 0 radical (unpaired) electrons. The number of rotatable bonds is 4. The fourth-order valence-electron chi connectivity index (χ4n) is 3.75. The van der Waals surface area contributed by atoms with Crippen LogP contribution in [-0.4, -0.2) is 59.3 Å². The zero-order chi connectivity index (χ0) is 16.2. The molecule has 0 aliphatic carbocycles. The highest BCUT2D eigenvalue weighted by molar-refractivity contribution is 5.83. The number of nitrogen functional groups attached to an aromatic ring is 1. The smallest absolute Gasteiger partial charge is 0.166 e. The van der Waals surface area contributed by atoms with Crippen LogP contribution in [0, 0.1) is 0 Å². The van der Waals surface area contributed by atoms with Crippen LogP contribution in [0.1, 0.15) is 13.2 Å². The van der Waals surface area contributed by atoms with E-state index in [-0.39, 0.29) is 24.5 Å². The van der Waals surface area contributed by atoms with Gasteiger partial charge in [-0.25, -0.2) is 9.97 Å². The second-order valence-corrected chi connectivity index (χ2v) is 6.02. The lowest BCUT2D eigenvalue weighted by molar-refractivity contribution is -0.220. The molecule has 5 atom stereocenters. The number of hydrogen-bond acceptors (Lipinski definition) is 7. The molecule has 0 spiro atoms. The number of aromatic nitrogens is 3. The third-order valence-electron chi connectivity index (χ3n) is 4.84. The van der Waals surface area contributed by atoms with Crippen LogP contribution in [0.15, 0.2) is 18.6 Å². The van der Waals surface area contributed by atoms with Crippen molar-refractivity contribution in [2.45, 2.75) is 37.1 Å². The summed E-state index contributed by atoms with van der Waals surface area (Å²) in [4.78, 5) is 8.73. The van der Waals surface area contributed by atoms with Gasteiger partial charge in [-0.2, -0.15) is 0 Å². The lowest BCUT2D eigenvalue weighted by Crippen LogP contribution is -2.50. The Kier molecular flexibility index (Phi) is 3.31. The Balaban J connectivity index is 1.78. The van der Waals surface area contributed by atoms with Crippen LogP contribution < -0.4 is 5.73 Å². The van der Waals surface area contributed by atoms with Gasteiger partial charge in [0.25, 0.3) is 0 Å². The van der Waals surface area contributed by atoms with Crippen LogP contribution >= 0.6 is 0 Å². The SMILES string of the molecule is COC[C@]12O[C@@H](n3cnc4c(N)ccnc43)C(OC1C)C2OC. The fourth-order valence-corrected chi connectivity index (χ4v) is 3.75. The minimum Gasteiger partial charge on any atom is -0.397 e. The topological polar surface area (TPSA) is 93.7 Å². The van der Waals surface area contributed by atoms with E-state index in [4.69, 9.17) is 24.7 Å². The maximum absolute atomic E-state index is 6.36. The van der Waals surface area contributed by atoms with Crippen LogP contribution in [0.25, 0.3) is 11.2 Å². The predicted octanol–water partition coefficient (Wildman–Crippen LogP) is 0.730. The molecule has 124 valence electrons. The zero-order valence-electron chi connectivity index (χ0n) is 13.3. The molecule has 2 bridgehead atoms. The fraction of sp³-hybridized carbons (Fsp3) is 0.600. The molecule has 2 fully saturated rings. The average Bonchev–Trinajstić information content (AvgIpc) is 3.15. The zero-order valence-corrected chi connectivity index (χ0v) is 13.3. The van der Waals surface area contributed by atoms with Gasteiger partial charge in [-0.1, -0.05) is 0 Å². The van der Waals surface area contributed by atoms with Gasteiger partial charge >= 0.3 is 0 Å². The van der Waals surface area contributed by atoms with E-state index in [1.54, 1.807) is 32.8 Å². The van der Waals surface area contributed by atoms with E-state index in [1.807, 2.05) is 11.5 Å². The van der Waals surface area contributed by atoms with Crippen molar-refractivity contribution in [3.05, 3.63) is 18.6 Å². The van der Waals surface area contributed by atoms with Crippen molar-refractivity contribution in [3.63, 3.8) is 0 Å². The summed E-state index contributed by atoms with van der Waals surface area (Å²) in [5.41, 5.74) is 7.22. The van der Waals surface area contributed by atoms with Crippen molar-refractivity contribution in [2.24, 2.45) is 0 Å². The summed E-state index contributed by atoms with van der Waals surface area (Å²) in [6.45, 7) is 2.37. The monoisotopic (exact) mass is 320 g/mol. The molecule has 2 aromatic heterocycles. The number of hydrogen-bond donors (Lipinski definition) is 1. The average molecular weight is 320 g/mol. The van der Waals surface area contributed by atoms with E-state index >= 15 is 0 Å². The van der Waals surface area contributed by atoms with Gasteiger partial charge in [0.15, 0.2) is 11.9 Å². The molecule has 2 aliphatic heterocycles. The predicted molar refractivity (Wildman–Crippen MR) is 81.8 cm³/mol. The Hall–Kier alpha value is -1.74. The number of nitrogens with two attached hydrogens (primary N) is 1. The molecule has 4 heterocycles. The highest BCUT2D eigenvalue weighted by Gasteiger charge is 2.66. The highest BCUT2D eigenvalue weighted by atomic mass is 16.7. The van der Waals surface area contributed by atoms with Crippen molar-refractivity contribution >= 4 is 16.9 Å². The molecule has 0 saturated carbocycles. The minimum absolute atomic E-state index is 0.124. The van der Waals surface area contributed by atoms with Crippen LogP contribution in [0.3, 0.4) is 0 Å². The molecule has 8 nitrogen and oxygen atoms in total. The Labute approximate surface area is 133 Å². The molecule has 0 aromatic carbocycles. The molecule has 23 heavy (non-hydrogen) atoms. The number of methoxy groups -OCH3 is 2. The summed E-state index contributed by atoms with van der Waals surface area (Å²) < 4.78 is 25.4. The van der Waals surface area contributed by atoms with Gasteiger partial charge in [0.05, 0.1) is 24.7 Å². The molecule has 2 N–H and O–H groups in total. The third kappa shape index (κ3) is 1.86. The maximum atomic E-state index is 6.36. The Bertz CT molecular complexity index is 735.